The second-order valence-corrected chi connectivity index (χ2v) is 4.50. The molecule has 0 bridgehead atoms. The predicted molar refractivity (Wildman–Crippen MR) is 73.5 cm³/mol. The van der Waals surface area contributed by atoms with Gasteiger partial charge in [-0.05, 0) is 38.6 Å². The van der Waals surface area contributed by atoms with Crippen molar-refractivity contribution in [2.75, 3.05) is 25.1 Å². The first-order valence-electron chi connectivity index (χ1n) is 6.19. The lowest BCUT2D eigenvalue weighted by atomic mass is 10.1. The van der Waals surface area contributed by atoms with Crippen molar-refractivity contribution in [3.8, 4) is 6.07 Å². The van der Waals surface area contributed by atoms with Crippen molar-refractivity contribution in [1.29, 1.82) is 5.26 Å². The zero-order chi connectivity index (χ0) is 13.5. The Kier molecular flexibility index (Phi) is 5.63. The molecule has 98 valence electrons. The summed E-state index contributed by atoms with van der Waals surface area (Å²) in [7, 11) is 1.88. The van der Waals surface area contributed by atoms with Gasteiger partial charge in [-0.3, -0.25) is 0 Å². The number of rotatable bonds is 6. The van der Waals surface area contributed by atoms with E-state index in [4.69, 9.17) is 5.11 Å². The predicted octanol–water partition coefficient (Wildman–Crippen LogP) is 1.48. The molecule has 0 aliphatic rings. The minimum atomic E-state index is 0.0846. The van der Waals surface area contributed by atoms with Gasteiger partial charge in [0.15, 0.2) is 0 Å². The van der Waals surface area contributed by atoms with Crippen molar-refractivity contribution < 1.29 is 5.11 Å². The van der Waals surface area contributed by atoms with E-state index in [1.54, 1.807) is 0 Å². The van der Waals surface area contributed by atoms with E-state index in [0.717, 1.165) is 17.8 Å². The summed E-state index contributed by atoms with van der Waals surface area (Å²) in [6.07, 6.45) is 0. The zero-order valence-corrected chi connectivity index (χ0v) is 11.3. The van der Waals surface area contributed by atoms with Crippen LogP contribution in [0.2, 0.25) is 0 Å². The number of nitrogens with one attached hydrogen (secondary N) is 1. The van der Waals surface area contributed by atoms with Crippen LogP contribution in [-0.2, 0) is 6.54 Å². The van der Waals surface area contributed by atoms with Crippen LogP contribution in [0.15, 0.2) is 18.2 Å². The fraction of sp³-hybridized carbons (Fsp3) is 0.500. The van der Waals surface area contributed by atoms with Crippen LogP contribution < -0.4 is 10.2 Å². The first-order chi connectivity index (χ1) is 8.63. The molecule has 1 aromatic rings. The highest BCUT2D eigenvalue weighted by Gasteiger charge is 2.14. The molecular weight excluding hydrogens is 226 g/mol. The van der Waals surface area contributed by atoms with E-state index < -0.39 is 0 Å². The maximum absolute atomic E-state index is 9.25. The van der Waals surface area contributed by atoms with Gasteiger partial charge >= 0.3 is 0 Å². The van der Waals surface area contributed by atoms with Crippen LogP contribution in [0.3, 0.4) is 0 Å². The number of aliphatic hydroxyl groups excluding tert-OH is 1. The SMILES string of the molecule is CNCc1ccc(N(CCO)C(C)C)c(C#N)c1. The summed E-state index contributed by atoms with van der Waals surface area (Å²) in [5.74, 6) is 0. The summed E-state index contributed by atoms with van der Waals surface area (Å²) in [5.41, 5.74) is 2.64. The van der Waals surface area contributed by atoms with Crippen molar-refractivity contribution in [2.24, 2.45) is 0 Å². The smallest absolute Gasteiger partial charge is 0.101 e. The summed E-state index contributed by atoms with van der Waals surface area (Å²) < 4.78 is 0. The van der Waals surface area contributed by atoms with Crippen molar-refractivity contribution in [3.05, 3.63) is 29.3 Å². The third-order valence-corrected chi connectivity index (χ3v) is 2.84. The Balaban J connectivity index is 3.10. The van der Waals surface area contributed by atoms with Gasteiger partial charge in [0.05, 0.1) is 17.9 Å². The lowest BCUT2D eigenvalue weighted by molar-refractivity contribution is 0.299. The van der Waals surface area contributed by atoms with Gasteiger partial charge in [-0.1, -0.05) is 6.07 Å². The van der Waals surface area contributed by atoms with Crippen molar-refractivity contribution in [1.82, 2.24) is 5.32 Å². The standard InChI is InChI=1S/C14H21N3O/c1-11(2)17(6-7-18)14-5-4-12(10-16-3)8-13(14)9-15/h4-5,8,11,16,18H,6-7,10H2,1-3H3. The highest BCUT2D eigenvalue weighted by molar-refractivity contribution is 5.61. The monoisotopic (exact) mass is 247 g/mol. The molecule has 0 saturated heterocycles. The van der Waals surface area contributed by atoms with Crippen molar-refractivity contribution in [2.45, 2.75) is 26.4 Å². The molecule has 18 heavy (non-hydrogen) atoms. The number of hydrogen-bond acceptors (Lipinski definition) is 4. The molecule has 0 amide bonds. The summed E-state index contributed by atoms with van der Waals surface area (Å²) in [4.78, 5) is 2.04. The minimum Gasteiger partial charge on any atom is -0.395 e. The Morgan fingerprint density at radius 1 is 1.44 bits per heavy atom. The Hall–Kier alpha value is -1.57. The van der Waals surface area contributed by atoms with E-state index in [-0.39, 0.29) is 12.6 Å². The lowest BCUT2D eigenvalue weighted by Crippen LogP contribution is -2.34. The molecule has 0 aliphatic heterocycles. The van der Waals surface area contributed by atoms with Gasteiger partial charge in [0, 0.05) is 19.1 Å². The topological polar surface area (TPSA) is 59.3 Å². The maximum atomic E-state index is 9.25. The first kappa shape index (κ1) is 14.5. The molecule has 0 atom stereocenters. The summed E-state index contributed by atoms with van der Waals surface area (Å²) >= 11 is 0. The molecule has 0 aliphatic carbocycles. The van der Waals surface area contributed by atoms with Gasteiger partial charge < -0.3 is 15.3 Å². The normalized spacial score (nSPS) is 10.4. The van der Waals surface area contributed by atoms with Crippen LogP contribution in [-0.4, -0.2) is 31.3 Å². The van der Waals surface area contributed by atoms with E-state index in [1.807, 2.05) is 30.1 Å². The number of aliphatic hydroxyl groups is 1. The average molecular weight is 247 g/mol. The van der Waals surface area contributed by atoms with Crippen LogP contribution in [0.5, 0.6) is 0 Å². The van der Waals surface area contributed by atoms with Crippen molar-refractivity contribution in [3.63, 3.8) is 0 Å². The Labute approximate surface area is 109 Å². The number of anilines is 1. The van der Waals surface area contributed by atoms with E-state index in [2.05, 4.69) is 25.2 Å². The molecule has 1 aromatic carbocycles. The van der Waals surface area contributed by atoms with Crippen molar-refractivity contribution >= 4 is 5.69 Å². The average Bonchev–Trinajstić information content (AvgIpc) is 2.36. The molecule has 1 rings (SSSR count). The molecule has 0 saturated carbocycles. The van der Waals surface area contributed by atoms with Gasteiger partial charge in [-0.2, -0.15) is 5.26 Å². The molecular formula is C14H21N3O. The molecule has 0 heterocycles. The number of benzene rings is 1. The summed E-state index contributed by atoms with van der Waals surface area (Å²) in [6, 6.07) is 8.36. The van der Waals surface area contributed by atoms with Crippen LogP contribution in [0.25, 0.3) is 0 Å². The lowest BCUT2D eigenvalue weighted by Gasteiger charge is -2.29. The Morgan fingerprint density at radius 2 is 2.17 bits per heavy atom. The number of nitriles is 1. The molecule has 4 nitrogen and oxygen atoms in total. The van der Waals surface area contributed by atoms with Gasteiger partial charge in [0.25, 0.3) is 0 Å². The van der Waals surface area contributed by atoms with Gasteiger partial charge in [0.2, 0.25) is 0 Å². The zero-order valence-electron chi connectivity index (χ0n) is 11.3. The van der Waals surface area contributed by atoms with Crippen LogP contribution >= 0.6 is 0 Å². The third kappa shape index (κ3) is 3.46. The number of nitrogens with zero attached hydrogens (tertiary/aromatic N) is 2. The number of hydrogen-bond donors (Lipinski definition) is 2. The molecule has 2 N–H and O–H groups in total. The minimum absolute atomic E-state index is 0.0846. The van der Waals surface area contributed by atoms with E-state index in [0.29, 0.717) is 12.1 Å². The largest absolute Gasteiger partial charge is 0.395 e. The molecule has 0 spiro atoms. The van der Waals surface area contributed by atoms with Gasteiger partial charge in [-0.15, -0.1) is 0 Å². The molecule has 0 aromatic heterocycles. The highest BCUT2D eigenvalue weighted by Crippen LogP contribution is 2.23. The highest BCUT2D eigenvalue weighted by atomic mass is 16.3. The maximum Gasteiger partial charge on any atom is 0.101 e. The van der Waals surface area contributed by atoms with E-state index in [9.17, 15) is 5.26 Å². The van der Waals surface area contributed by atoms with Gasteiger partial charge in [0.1, 0.15) is 6.07 Å². The fourth-order valence-electron chi connectivity index (χ4n) is 2.00. The third-order valence-electron chi connectivity index (χ3n) is 2.84. The second-order valence-electron chi connectivity index (χ2n) is 4.50. The van der Waals surface area contributed by atoms with E-state index >= 15 is 0 Å². The summed E-state index contributed by atoms with van der Waals surface area (Å²) in [5, 5.41) is 21.4. The second kappa shape index (κ2) is 7.00. The molecule has 0 radical (unpaired) electrons. The first-order valence-corrected chi connectivity index (χ1v) is 6.19. The van der Waals surface area contributed by atoms with Crippen LogP contribution in [0.4, 0.5) is 5.69 Å². The molecule has 0 fully saturated rings. The Morgan fingerprint density at radius 3 is 2.67 bits per heavy atom. The van der Waals surface area contributed by atoms with Gasteiger partial charge in [-0.25, -0.2) is 0 Å². The van der Waals surface area contributed by atoms with E-state index in [1.165, 1.54) is 0 Å². The van der Waals surface area contributed by atoms with Crippen LogP contribution in [0, 0.1) is 11.3 Å². The quantitative estimate of drug-likeness (QED) is 0.799. The van der Waals surface area contributed by atoms with Crippen LogP contribution in [0.1, 0.15) is 25.0 Å². The summed E-state index contributed by atoms with van der Waals surface area (Å²) in [6.45, 7) is 5.48. The molecule has 4 heteroatoms. The Bertz CT molecular complexity index is 424. The fourth-order valence-corrected chi connectivity index (χ4v) is 2.00. The molecule has 0 unspecified atom stereocenters.